The molecule has 114 valence electrons. The number of hydrogen-bond acceptors (Lipinski definition) is 4. The number of hydrogen-bond donors (Lipinski definition) is 0. The molecule has 0 amide bonds. The van der Waals surface area contributed by atoms with Gasteiger partial charge in [-0.25, -0.2) is 0 Å². The van der Waals surface area contributed by atoms with E-state index in [1.807, 2.05) is 30.3 Å². The van der Waals surface area contributed by atoms with E-state index in [1.54, 1.807) is 24.3 Å². The summed E-state index contributed by atoms with van der Waals surface area (Å²) in [5, 5.41) is 11.0. The van der Waals surface area contributed by atoms with Gasteiger partial charge in [0.15, 0.2) is 5.78 Å². The highest BCUT2D eigenvalue weighted by Crippen LogP contribution is 2.33. The van der Waals surface area contributed by atoms with Crippen molar-refractivity contribution >= 4 is 35.1 Å². The van der Waals surface area contributed by atoms with Crippen LogP contribution in [-0.4, -0.2) is 17.5 Å². The van der Waals surface area contributed by atoms with Gasteiger partial charge in [0.25, 0.3) is 0 Å². The molecular formula is C17H14ClO3S-. The second-order valence-electron chi connectivity index (χ2n) is 4.72. The van der Waals surface area contributed by atoms with E-state index < -0.39 is 5.97 Å². The van der Waals surface area contributed by atoms with Gasteiger partial charge in [-0.15, -0.1) is 11.8 Å². The van der Waals surface area contributed by atoms with E-state index in [0.717, 1.165) is 5.56 Å². The number of carbonyl (C=O) groups is 2. The molecule has 0 aromatic heterocycles. The van der Waals surface area contributed by atoms with Crippen LogP contribution >= 0.6 is 23.4 Å². The fourth-order valence-electron chi connectivity index (χ4n) is 2.03. The number of ketones is 1. The summed E-state index contributed by atoms with van der Waals surface area (Å²) in [6, 6.07) is 16.1. The molecule has 0 aliphatic rings. The Bertz CT molecular complexity index is 641. The lowest BCUT2D eigenvalue weighted by molar-refractivity contribution is -0.301. The van der Waals surface area contributed by atoms with Crippen molar-refractivity contribution < 1.29 is 14.7 Å². The Balaban J connectivity index is 2.13. The SMILES string of the molecule is O=C([O-])CS[C@H](CC(=O)c1ccc(Cl)cc1)c1ccccc1. The molecule has 0 fully saturated rings. The molecule has 0 aliphatic carbocycles. The highest BCUT2D eigenvalue weighted by molar-refractivity contribution is 8.00. The Kier molecular flexibility index (Phi) is 6.04. The second kappa shape index (κ2) is 8.01. The normalized spacial score (nSPS) is 11.9. The van der Waals surface area contributed by atoms with Crippen molar-refractivity contribution in [3.05, 3.63) is 70.7 Å². The van der Waals surface area contributed by atoms with Crippen LogP contribution in [0.3, 0.4) is 0 Å². The molecule has 0 heterocycles. The number of Topliss-reactive ketones (excluding diaryl/α,β-unsaturated/α-hetero) is 1. The smallest absolute Gasteiger partial charge is 0.164 e. The summed E-state index contributed by atoms with van der Waals surface area (Å²) in [5.74, 6) is -1.32. The highest BCUT2D eigenvalue weighted by atomic mass is 35.5. The van der Waals surface area contributed by atoms with Crippen molar-refractivity contribution in [3.8, 4) is 0 Å². The van der Waals surface area contributed by atoms with Gasteiger partial charge in [0.05, 0.1) is 5.97 Å². The zero-order valence-electron chi connectivity index (χ0n) is 11.7. The van der Waals surface area contributed by atoms with Gasteiger partial charge >= 0.3 is 0 Å². The predicted octanol–water partition coefficient (Wildman–Crippen LogP) is 3.14. The molecule has 0 saturated carbocycles. The monoisotopic (exact) mass is 333 g/mol. The molecule has 0 unspecified atom stereocenters. The van der Waals surface area contributed by atoms with E-state index in [2.05, 4.69) is 0 Å². The molecule has 3 nitrogen and oxygen atoms in total. The lowest BCUT2D eigenvalue weighted by Gasteiger charge is -2.17. The maximum absolute atomic E-state index is 12.4. The molecule has 5 heteroatoms. The molecule has 0 aliphatic heterocycles. The first-order chi connectivity index (χ1) is 10.6. The summed E-state index contributed by atoms with van der Waals surface area (Å²) in [6.07, 6.45) is 0.226. The third kappa shape index (κ3) is 4.90. The number of benzene rings is 2. The van der Waals surface area contributed by atoms with Crippen molar-refractivity contribution in [3.63, 3.8) is 0 Å². The van der Waals surface area contributed by atoms with Crippen molar-refractivity contribution in [2.45, 2.75) is 11.7 Å². The van der Waals surface area contributed by atoms with Crippen molar-refractivity contribution in [2.75, 3.05) is 5.75 Å². The van der Waals surface area contributed by atoms with E-state index in [-0.39, 0.29) is 23.2 Å². The number of halogens is 1. The van der Waals surface area contributed by atoms with Crippen molar-refractivity contribution in [1.29, 1.82) is 0 Å². The standard InChI is InChI=1S/C17H15ClO3S/c18-14-8-6-12(7-9-14)15(19)10-16(22-11-17(20)21)13-4-2-1-3-5-13/h1-9,16H,10-11H2,(H,20,21)/p-1/t16-/m1/s1. The fraction of sp³-hybridized carbons (Fsp3) is 0.176. The summed E-state index contributed by atoms with van der Waals surface area (Å²) < 4.78 is 0. The van der Waals surface area contributed by atoms with E-state index in [1.165, 1.54) is 11.8 Å². The molecule has 2 rings (SSSR count). The Hall–Kier alpha value is -1.78. The first-order valence-corrected chi connectivity index (χ1v) is 8.14. The summed E-state index contributed by atoms with van der Waals surface area (Å²) in [4.78, 5) is 23.1. The van der Waals surface area contributed by atoms with Crippen LogP contribution in [0.2, 0.25) is 5.02 Å². The maximum Gasteiger partial charge on any atom is 0.164 e. The molecule has 22 heavy (non-hydrogen) atoms. The van der Waals surface area contributed by atoms with Gasteiger partial charge in [0, 0.05) is 28.0 Å². The minimum atomic E-state index is -1.13. The second-order valence-corrected chi connectivity index (χ2v) is 6.34. The van der Waals surface area contributed by atoms with Gasteiger partial charge in [-0.3, -0.25) is 4.79 Å². The van der Waals surface area contributed by atoms with Crippen molar-refractivity contribution in [1.82, 2.24) is 0 Å². The van der Waals surface area contributed by atoms with Crippen LogP contribution < -0.4 is 5.11 Å². The summed E-state index contributed by atoms with van der Waals surface area (Å²) >= 11 is 7.01. The van der Waals surface area contributed by atoms with Crippen LogP contribution in [0.4, 0.5) is 0 Å². The number of carboxylic acids is 1. The average molecular weight is 334 g/mol. The van der Waals surface area contributed by atoms with Gasteiger partial charge in [-0.2, -0.15) is 0 Å². The predicted molar refractivity (Wildman–Crippen MR) is 87.0 cm³/mol. The first-order valence-electron chi connectivity index (χ1n) is 6.71. The number of carboxylic acid groups (broad SMARTS) is 1. The molecule has 0 N–H and O–H groups in total. The van der Waals surface area contributed by atoms with Gasteiger partial charge < -0.3 is 9.90 Å². The number of thioether (sulfide) groups is 1. The van der Waals surface area contributed by atoms with Gasteiger partial charge in [0.1, 0.15) is 0 Å². The third-order valence-corrected chi connectivity index (χ3v) is 4.61. The Labute approximate surface area is 138 Å². The largest absolute Gasteiger partial charge is 0.549 e. The van der Waals surface area contributed by atoms with Crippen LogP contribution in [0.15, 0.2) is 54.6 Å². The zero-order chi connectivity index (χ0) is 15.9. The minimum absolute atomic E-state index is 0.0450. The van der Waals surface area contributed by atoms with Gasteiger partial charge in [0.2, 0.25) is 0 Å². The zero-order valence-corrected chi connectivity index (χ0v) is 13.3. The van der Waals surface area contributed by atoms with Crippen LogP contribution in [0.25, 0.3) is 0 Å². The molecule has 0 radical (unpaired) electrons. The molecular weight excluding hydrogens is 320 g/mol. The Morgan fingerprint density at radius 1 is 1.05 bits per heavy atom. The van der Waals surface area contributed by atoms with E-state index in [4.69, 9.17) is 11.6 Å². The Morgan fingerprint density at radius 3 is 2.27 bits per heavy atom. The molecule has 0 bridgehead atoms. The van der Waals surface area contributed by atoms with Crippen LogP contribution in [0.1, 0.15) is 27.6 Å². The summed E-state index contributed by atoms with van der Waals surface area (Å²) in [6.45, 7) is 0. The Morgan fingerprint density at radius 2 is 1.68 bits per heavy atom. The van der Waals surface area contributed by atoms with Crippen molar-refractivity contribution in [2.24, 2.45) is 0 Å². The van der Waals surface area contributed by atoms with Gasteiger partial charge in [-0.1, -0.05) is 41.9 Å². The van der Waals surface area contributed by atoms with E-state index in [9.17, 15) is 14.7 Å². The van der Waals surface area contributed by atoms with Gasteiger partial charge in [-0.05, 0) is 29.8 Å². The van der Waals surface area contributed by atoms with E-state index >= 15 is 0 Å². The fourth-order valence-corrected chi connectivity index (χ4v) is 3.11. The number of rotatable bonds is 7. The quantitative estimate of drug-likeness (QED) is 0.730. The van der Waals surface area contributed by atoms with Crippen LogP contribution in [0.5, 0.6) is 0 Å². The van der Waals surface area contributed by atoms with Crippen LogP contribution in [-0.2, 0) is 4.79 Å². The highest BCUT2D eigenvalue weighted by Gasteiger charge is 2.17. The molecule has 2 aromatic rings. The third-order valence-electron chi connectivity index (χ3n) is 3.11. The average Bonchev–Trinajstić information content (AvgIpc) is 2.52. The summed E-state index contributed by atoms with van der Waals surface area (Å²) in [5.41, 5.74) is 1.50. The lowest BCUT2D eigenvalue weighted by atomic mass is 10.0. The molecule has 1 atom stereocenters. The maximum atomic E-state index is 12.4. The van der Waals surface area contributed by atoms with E-state index in [0.29, 0.717) is 10.6 Å². The summed E-state index contributed by atoms with van der Waals surface area (Å²) in [7, 11) is 0. The molecule has 0 spiro atoms. The molecule has 2 aromatic carbocycles. The number of carbonyl (C=O) groups excluding carboxylic acids is 2. The molecule has 0 saturated heterocycles. The topological polar surface area (TPSA) is 57.2 Å². The minimum Gasteiger partial charge on any atom is -0.549 e. The number of aliphatic carboxylic acids is 1. The van der Waals surface area contributed by atoms with Crippen LogP contribution in [0, 0.1) is 0 Å². The first kappa shape index (κ1) is 16.6. The lowest BCUT2D eigenvalue weighted by Crippen LogP contribution is -2.25.